The lowest BCUT2D eigenvalue weighted by atomic mass is 10.2. The molecule has 0 aliphatic rings. The van der Waals surface area contributed by atoms with Crippen LogP contribution in [-0.4, -0.2) is 21.6 Å². The second-order valence-corrected chi connectivity index (χ2v) is 6.74. The number of hydrogen-bond acceptors (Lipinski definition) is 6. The fourth-order valence-corrected chi connectivity index (χ4v) is 3.07. The molecule has 3 N–H and O–H groups in total. The fraction of sp³-hybridized carbons (Fsp3) is 0.350. The number of aromatic amines is 1. The molecule has 8 heteroatoms. The van der Waals surface area contributed by atoms with E-state index in [1.807, 2.05) is 44.2 Å². The number of nitrogens with zero attached hydrogens (tertiary/aromatic N) is 3. The molecular weight excluding hydrogens is 358 g/mol. The van der Waals surface area contributed by atoms with Gasteiger partial charge in [-0.2, -0.15) is 0 Å². The first kappa shape index (κ1) is 19.5. The lowest BCUT2D eigenvalue weighted by Crippen LogP contribution is -2.37. The molecule has 1 aromatic carbocycles. The van der Waals surface area contributed by atoms with Gasteiger partial charge in [0.2, 0.25) is 5.89 Å². The van der Waals surface area contributed by atoms with E-state index in [-0.39, 0.29) is 11.5 Å². The van der Waals surface area contributed by atoms with Gasteiger partial charge in [-0.25, -0.2) is 9.78 Å². The number of nitrogens with two attached hydrogens (primary N) is 1. The average Bonchev–Trinajstić information content (AvgIpc) is 3.02. The van der Waals surface area contributed by atoms with Crippen molar-refractivity contribution in [2.75, 3.05) is 17.7 Å². The van der Waals surface area contributed by atoms with Gasteiger partial charge in [-0.05, 0) is 25.5 Å². The third kappa shape index (κ3) is 3.85. The van der Waals surface area contributed by atoms with Gasteiger partial charge in [-0.15, -0.1) is 0 Å². The first-order chi connectivity index (χ1) is 13.4. The van der Waals surface area contributed by atoms with E-state index in [1.54, 1.807) is 11.9 Å². The maximum atomic E-state index is 12.4. The van der Waals surface area contributed by atoms with Crippen molar-refractivity contribution in [1.29, 1.82) is 0 Å². The van der Waals surface area contributed by atoms with Gasteiger partial charge in [0.1, 0.15) is 23.0 Å². The van der Waals surface area contributed by atoms with Crippen LogP contribution in [0, 0.1) is 6.92 Å². The van der Waals surface area contributed by atoms with E-state index in [0.717, 1.165) is 18.4 Å². The van der Waals surface area contributed by atoms with Crippen molar-refractivity contribution in [2.24, 2.45) is 0 Å². The number of aromatic nitrogens is 3. The van der Waals surface area contributed by atoms with E-state index >= 15 is 0 Å². The average molecular weight is 383 g/mol. The van der Waals surface area contributed by atoms with Gasteiger partial charge in [-0.3, -0.25) is 14.3 Å². The zero-order chi connectivity index (χ0) is 20.3. The molecule has 0 amide bonds. The minimum Gasteiger partial charge on any atom is -0.441 e. The van der Waals surface area contributed by atoms with Crippen LogP contribution in [-0.2, 0) is 13.1 Å². The number of hydrogen-bond donors (Lipinski definition) is 2. The number of nitrogen functional groups attached to an aromatic ring is 1. The summed E-state index contributed by atoms with van der Waals surface area (Å²) in [6.07, 6.45) is 1.71. The van der Waals surface area contributed by atoms with E-state index < -0.39 is 11.2 Å². The smallest absolute Gasteiger partial charge is 0.330 e. The molecule has 2 heterocycles. The lowest BCUT2D eigenvalue weighted by molar-refractivity contribution is 0.539. The van der Waals surface area contributed by atoms with Gasteiger partial charge in [0, 0.05) is 19.2 Å². The number of oxazole rings is 1. The van der Waals surface area contributed by atoms with Crippen molar-refractivity contribution in [3.63, 3.8) is 0 Å². The first-order valence-electron chi connectivity index (χ1n) is 9.27. The van der Waals surface area contributed by atoms with Crippen LogP contribution >= 0.6 is 0 Å². The molecule has 28 heavy (non-hydrogen) atoms. The summed E-state index contributed by atoms with van der Waals surface area (Å²) in [5, 5.41) is 0. The molecule has 8 nitrogen and oxygen atoms in total. The van der Waals surface area contributed by atoms with Crippen LogP contribution in [0.4, 0.5) is 11.5 Å². The molecule has 3 aromatic rings. The third-order valence-corrected chi connectivity index (χ3v) is 4.63. The molecule has 0 fully saturated rings. The van der Waals surface area contributed by atoms with E-state index in [1.165, 1.54) is 4.57 Å². The van der Waals surface area contributed by atoms with Crippen molar-refractivity contribution < 1.29 is 4.42 Å². The fourth-order valence-electron chi connectivity index (χ4n) is 3.07. The Morgan fingerprint density at radius 3 is 2.64 bits per heavy atom. The van der Waals surface area contributed by atoms with Gasteiger partial charge in [0.15, 0.2) is 0 Å². The molecule has 0 bridgehead atoms. The van der Waals surface area contributed by atoms with Gasteiger partial charge >= 0.3 is 5.69 Å². The number of unbranched alkanes of at least 4 members (excludes halogenated alkanes) is 1. The Bertz CT molecular complexity index is 1070. The largest absolute Gasteiger partial charge is 0.441 e. The van der Waals surface area contributed by atoms with Crippen LogP contribution in [0.2, 0.25) is 0 Å². The van der Waals surface area contributed by atoms with Crippen LogP contribution in [0.5, 0.6) is 0 Å². The third-order valence-electron chi connectivity index (χ3n) is 4.63. The maximum Gasteiger partial charge on any atom is 0.330 e. The summed E-state index contributed by atoms with van der Waals surface area (Å²) in [5.74, 6) is 1.35. The number of H-pyrrole nitrogens is 1. The Balaban J connectivity index is 1.92. The molecule has 0 spiro atoms. The van der Waals surface area contributed by atoms with Crippen molar-refractivity contribution in [1.82, 2.24) is 14.5 Å². The summed E-state index contributed by atoms with van der Waals surface area (Å²) in [6, 6.07) is 9.60. The SMILES string of the molecule is CCCCn1c(N)c(N(C)Cc2nc(-c3ccccc3)oc2C)c(=O)[nH]c1=O. The van der Waals surface area contributed by atoms with Gasteiger partial charge < -0.3 is 15.1 Å². The van der Waals surface area contributed by atoms with Crippen molar-refractivity contribution in [3.05, 3.63) is 62.6 Å². The highest BCUT2D eigenvalue weighted by Crippen LogP contribution is 2.24. The summed E-state index contributed by atoms with van der Waals surface area (Å²) in [5.41, 5.74) is 7.00. The number of benzene rings is 1. The molecule has 148 valence electrons. The van der Waals surface area contributed by atoms with Crippen LogP contribution in [0.1, 0.15) is 31.2 Å². The Morgan fingerprint density at radius 2 is 1.96 bits per heavy atom. The monoisotopic (exact) mass is 383 g/mol. The number of rotatable bonds is 7. The second kappa shape index (κ2) is 8.16. The molecule has 0 saturated heterocycles. The van der Waals surface area contributed by atoms with Crippen molar-refractivity contribution in [2.45, 2.75) is 39.8 Å². The molecule has 0 unspecified atom stereocenters. The van der Waals surface area contributed by atoms with Gasteiger partial charge in [0.05, 0.1) is 6.54 Å². The number of aryl methyl sites for hydroxylation is 1. The van der Waals surface area contributed by atoms with E-state index in [0.29, 0.717) is 30.4 Å². The van der Waals surface area contributed by atoms with Crippen LogP contribution < -0.4 is 21.9 Å². The summed E-state index contributed by atoms with van der Waals surface area (Å²) in [7, 11) is 1.74. The highest BCUT2D eigenvalue weighted by molar-refractivity contribution is 5.62. The molecule has 0 saturated carbocycles. The van der Waals surface area contributed by atoms with E-state index in [2.05, 4.69) is 9.97 Å². The van der Waals surface area contributed by atoms with E-state index in [9.17, 15) is 9.59 Å². The van der Waals surface area contributed by atoms with Gasteiger partial charge in [0.25, 0.3) is 5.56 Å². The molecule has 0 aliphatic carbocycles. The molecule has 0 aliphatic heterocycles. The van der Waals surface area contributed by atoms with Gasteiger partial charge in [-0.1, -0.05) is 31.5 Å². The van der Waals surface area contributed by atoms with Crippen molar-refractivity contribution in [3.8, 4) is 11.5 Å². The zero-order valence-corrected chi connectivity index (χ0v) is 16.4. The van der Waals surface area contributed by atoms with Crippen LogP contribution in [0.25, 0.3) is 11.5 Å². The summed E-state index contributed by atoms with van der Waals surface area (Å²) >= 11 is 0. The molecule has 2 aromatic heterocycles. The maximum absolute atomic E-state index is 12.4. The predicted molar refractivity (Wildman–Crippen MR) is 109 cm³/mol. The van der Waals surface area contributed by atoms with Crippen molar-refractivity contribution >= 4 is 11.5 Å². The Morgan fingerprint density at radius 1 is 1.25 bits per heavy atom. The zero-order valence-electron chi connectivity index (χ0n) is 16.4. The Hall–Kier alpha value is -3.29. The normalized spacial score (nSPS) is 11.0. The second-order valence-electron chi connectivity index (χ2n) is 6.74. The molecule has 3 rings (SSSR count). The van der Waals surface area contributed by atoms with E-state index in [4.69, 9.17) is 10.2 Å². The lowest BCUT2D eigenvalue weighted by Gasteiger charge is -2.21. The minimum atomic E-state index is -0.512. The molecule has 0 atom stereocenters. The standard InChI is InChI=1S/C20H25N5O3/c1-4-5-11-25-17(21)16(18(26)23-20(25)27)24(3)12-15-13(2)28-19(22-15)14-9-7-6-8-10-14/h6-10H,4-5,11-12,21H2,1-3H3,(H,23,26,27). The minimum absolute atomic E-state index is 0.161. The first-order valence-corrected chi connectivity index (χ1v) is 9.27. The predicted octanol–water partition coefficient (Wildman–Crippen LogP) is 2.52. The Labute approximate surface area is 162 Å². The van der Waals surface area contributed by atoms with Crippen LogP contribution in [0.3, 0.4) is 0 Å². The van der Waals surface area contributed by atoms with Crippen LogP contribution in [0.15, 0.2) is 44.3 Å². The topological polar surface area (TPSA) is 110 Å². The summed E-state index contributed by atoms with van der Waals surface area (Å²) in [6.45, 7) is 4.64. The molecular formula is C20H25N5O3. The summed E-state index contributed by atoms with van der Waals surface area (Å²) < 4.78 is 7.19. The number of anilines is 2. The highest BCUT2D eigenvalue weighted by Gasteiger charge is 2.19. The quantitative estimate of drug-likeness (QED) is 0.649. The highest BCUT2D eigenvalue weighted by atomic mass is 16.4. The number of nitrogens with one attached hydrogen (secondary N) is 1. The summed E-state index contributed by atoms with van der Waals surface area (Å²) in [4.78, 5) is 33.1. The molecule has 0 radical (unpaired) electrons. The Kier molecular flexibility index (Phi) is 5.67.